The van der Waals surface area contributed by atoms with E-state index in [2.05, 4.69) is 4.90 Å². The number of benzene rings is 1. The Morgan fingerprint density at radius 1 is 1.04 bits per heavy atom. The van der Waals surface area contributed by atoms with Crippen molar-refractivity contribution >= 4 is 5.91 Å². The van der Waals surface area contributed by atoms with Crippen LogP contribution in [0.15, 0.2) is 18.2 Å². The number of carbonyl (C=O) groups is 1. The van der Waals surface area contributed by atoms with Crippen molar-refractivity contribution in [1.29, 1.82) is 0 Å². The lowest BCUT2D eigenvalue weighted by atomic mass is 9.98. The molecule has 23 heavy (non-hydrogen) atoms. The molecule has 1 aromatic carbocycles. The summed E-state index contributed by atoms with van der Waals surface area (Å²) in [5, 5.41) is 0. The molecule has 0 aromatic heterocycles. The van der Waals surface area contributed by atoms with Gasteiger partial charge in [-0.15, -0.1) is 0 Å². The second kappa shape index (κ2) is 7.39. The quantitative estimate of drug-likeness (QED) is 0.851. The second-order valence-electron chi connectivity index (χ2n) is 6.81. The molecule has 2 aliphatic heterocycles. The van der Waals surface area contributed by atoms with Gasteiger partial charge in [-0.25, -0.2) is 8.78 Å². The Bertz CT molecular complexity index is 538. The highest BCUT2D eigenvalue weighted by Crippen LogP contribution is 2.22. The molecular formula is C18H24F2N2O. The van der Waals surface area contributed by atoms with Crippen LogP contribution < -0.4 is 0 Å². The summed E-state index contributed by atoms with van der Waals surface area (Å²) in [6.07, 6.45) is 5.09. The molecule has 0 N–H and O–H groups in total. The predicted molar refractivity (Wildman–Crippen MR) is 85.0 cm³/mol. The van der Waals surface area contributed by atoms with Crippen LogP contribution in [0.3, 0.4) is 0 Å². The van der Waals surface area contributed by atoms with E-state index in [1.807, 2.05) is 4.90 Å². The van der Waals surface area contributed by atoms with Crippen molar-refractivity contribution in [1.82, 2.24) is 9.80 Å². The maximum Gasteiger partial charge on any atom is 0.236 e. The highest BCUT2D eigenvalue weighted by Gasteiger charge is 2.26. The molecule has 2 fully saturated rings. The molecule has 1 aromatic rings. The highest BCUT2D eigenvalue weighted by atomic mass is 19.1. The van der Waals surface area contributed by atoms with Gasteiger partial charge in [-0.2, -0.15) is 0 Å². The van der Waals surface area contributed by atoms with Crippen molar-refractivity contribution in [2.75, 3.05) is 32.7 Å². The summed E-state index contributed by atoms with van der Waals surface area (Å²) in [6.45, 7) is 3.98. The molecule has 0 spiro atoms. The Morgan fingerprint density at radius 3 is 2.43 bits per heavy atom. The van der Waals surface area contributed by atoms with Crippen molar-refractivity contribution < 1.29 is 13.6 Å². The Morgan fingerprint density at radius 2 is 1.74 bits per heavy atom. The van der Waals surface area contributed by atoms with E-state index in [4.69, 9.17) is 0 Å². The minimum Gasteiger partial charge on any atom is -0.342 e. The molecule has 2 saturated heterocycles. The number of hydrogen-bond donors (Lipinski definition) is 0. The van der Waals surface area contributed by atoms with Crippen LogP contribution in [0.5, 0.6) is 0 Å². The van der Waals surface area contributed by atoms with Gasteiger partial charge in [0, 0.05) is 25.7 Å². The molecule has 0 saturated carbocycles. The molecule has 1 amide bonds. The number of nitrogens with zero attached hydrogens (tertiary/aromatic N) is 2. The highest BCUT2D eigenvalue weighted by molar-refractivity contribution is 5.78. The number of amides is 1. The van der Waals surface area contributed by atoms with Gasteiger partial charge in [-0.3, -0.25) is 9.69 Å². The standard InChI is InChI=1S/C18H24F2N2O/c19-16-9-15(10-17(20)11-16)8-14-4-7-21(12-14)13-18(23)22-5-2-1-3-6-22/h9-11,14H,1-8,12-13H2. The number of piperidine rings is 1. The monoisotopic (exact) mass is 322 g/mol. The average Bonchev–Trinajstić information content (AvgIpc) is 2.94. The average molecular weight is 322 g/mol. The molecule has 1 unspecified atom stereocenters. The minimum atomic E-state index is -0.518. The Hall–Kier alpha value is -1.49. The van der Waals surface area contributed by atoms with Gasteiger partial charge in [0.2, 0.25) is 5.91 Å². The van der Waals surface area contributed by atoms with Crippen LogP contribution >= 0.6 is 0 Å². The van der Waals surface area contributed by atoms with Gasteiger partial charge >= 0.3 is 0 Å². The van der Waals surface area contributed by atoms with Crippen LogP contribution in [0.2, 0.25) is 0 Å². The number of carbonyl (C=O) groups excluding carboxylic acids is 1. The van der Waals surface area contributed by atoms with Crippen molar-refractivity contribution in [2.24, 2.45) is 5.92 Å². The summed E-state index contributed by atoms with van der Waals surface area (Å²) >= 11 is 0. The van der Waals surface area contributed by atoms with Gasteiger partial charge in [0.1, 0.15) is 11.6 Å². The Balaban J connectivity index is 1.49. The van der Waals surface area contributed by atoms with E-state index >= 15 is 0 Å². The van der Waals surface area contributed by atoms with Gasteiger partial charge < -0.3 is 4.90 Å². The third kappa shape index (κ3) is 4.50. The van der Waals surface area contributed by atoms with Crippen LogP contribution in [0, 0.1) is 17.6 Å². The number of halogens is 2. The predicted octanol–water partition coefficient (Wildman–Crippen LogP) is 2.84. The second-order valence-corrected chi connectivity index (χ2v) is 6.81. The number of likely N-dealkylation sites (tertiary alicyclic amines) is 2. The van der Waals surface area contributed by atoms with Crippen molar-refractivity contribution in [3.8, 4) is 0 Å². The smallest absolute Gasteiger partial charge is 0.236 e. The first kappa shape index (κ1) is 16.4. The number of hydrogen-bond acceptors (Lipinski definition) is 2. The lowest BCUT2D eigenvalue weighted by Crippen LogP contribution is -2.42. The molecule has 3 rings (SSSR count). The van der Waals surface area contributed by atoms with E-state index in [0.717, 1.165) is 51.5 Å². The molecular weight excluding hydrogens is 298 g/mol. The minimum absolute atomic E-state index is 0.224. The molecule has 1 atom stereocenters. The molecule has 2 heterocycles. The third-order valence-corrected chi connectivity index (χ3v) is 4.88. The van der Waals surface area contributed by atoms with E-state index in [0.29, 0.717) is 24.4 Å². The Kier molecular flexibility index (Phi) is 5.26. The third-order valence-electron chi connectivity index (χ3n) is 4.88. The zero-order chi connectivity index (χ0) is 16.2. The van der Waals surface area contributed by atoms with Crippen LogP contribution in [0.25, 0.3) is 0 Å². The lowest BCUT2D eigenvalue weighted by molar-refractivity contribution is -0.133. The van der Waals surface area contributed by atoms with Gasteiger partial charge in [0.15, 0.2) is 0 Å². The van der Waals surface area contributed by atoms with Crippen LogP contribution in [0.1, 0.15) is 31.2 Å². The van der Waals surface area contributed by atoms with E-state index < -0.39 is 11.6 Å². The van der Waals surface area contributed by atoms with Crippen molar-refractivity contribution in [3.63, 3.8) is 0 Å². The fourth-order valence-corrected chi connectivity index (χ4v) is 3.72. The van der Waals surface area contributed by atoms with Crippen molar-refractivity contribution in [3.05, 3.63) is 35.4 Å². The molecule has 5 heteroatoms. The lowest BCUT2D eigenvalue weighted by Gasteiger charge is -2.28. The van der Waals surface area contributed by atoms with E-state index in [1.165, 1.54) is 18.6 Å². The summed E-state index contributed by atoms with van der Waals surface area (Å²) in [7, 11) is 0. The zero-order valence-corrected chi connectivity index (χ0v) is 13.4. The van der Waals surface area contributed by atoms with Gasteiger partial charge in [-0.1, -0.05) is 0 Å². The molecule has 0 bridgehead atoms. The summed E-state index contributed by atoms with van der Waals surface area (Å²) in [5.74, 6) is -0.447. The molecule has 3 nitrogen and oxygen atoms in total. The number of rotatable bonds is 4. The maximum absolute atomic E-state index is 13.3. The molecule has 126 valence electrons. The maximum atomic E-state index is 13.3. The summed E-state index contributed by atoms with van der Waals surface area (Å²) < 4.78 is 26.5. The van der Waals surface area contributed by atoms with Crippen LogP contribution in [-0.2, 0) is 11.2 Å². The molecule has 0 aliphatic carbocycles. The van der Waals surface area contributed by atoms with Gasteiger partial charge in [-0.05, 0) is 62.3 Å². The Labute approximate surface area is 136 Å². The summed E-state index contributed by atoms with van der Waals surface area (Å²) in [6, 6.07) is 3.72. The fraction of sp³-hybridized carbons (Fsp3) is 0.611. The largest absolute Gasteiger partial charge is 0.342 e. The van der Waals surface area contributed by atoms with E-state index in [9.17, 15) is 13.6 Å². The van der Waals surface area contributed by atoms with Crippen LogP contribution in [-0.4, -0.2) is 48.4 Å². The first-order valence-corrected chi connectivity index (χ1v) is 8.55. The fourth-order valence-electron chi connectivity index (χ4n) is 3.72. The first-order chi connectivity index (χ1) is 11.1. The van der Waals surface area contributed by atoms with Crippen molar-refractivity contribution in [2.45, 2.75) is 32.1 Å². The van der Waals surface area contributed by atoms with Crippen LogP contribution in [0.4, 0.5) is 8.78 Å². The van der Waals surface area contributed by atoms with Gasteiger partial charge in [0.25, 0.3) is 0 Å². The van der Waals surface area contributed by atoms with Gasteiger partial charge in [0.05, 0.1) is 6.54 Å². The van der Waals surface area contributed by atoms with E-state index in [1.54, 1.807) is 0 Å². The van der Waals surface area contributed by atoms with E-state index in [-0.39, 0.29) is 5.91 Å². The SMILES string of the molecule is O=C(CN1CCC(Cc2cc(F)cc(F)c2)C1)N1CCCCC1. The topological polar surface area (TPSA) is 23.6 Å². The summed E-state index contributed by atoms with van der Waals surface area (Å²) in [5.41, 5.74) is 0.705. The molecule has 2 aliphatic rings. The normalized spacial score (nSPS) is 22.5. The zero-order valence-electron chi connectivity index (χ0n) is 13.4. The summed E-state index contributed by atoms with van der Waals surface area (Å²) in [4.78, 5) is 16.4. The first-order valence-electron chi connectivity index (χ1n) is 8.55. The molecule has 0 radical (unpaired) electrons.